The zero-order chi connectivity index (χ0) is 22.0. The molecule has 4 nitrogen and oxygen atoms in total. The Morgan fingerprint density at radius 3 is 2.52 bits per heavy atom. The average molecular weight is 453 g/mol. The number of rotatable bonds is 5. The molecule has 162 valence electrons. The second-order valence-corrected chi connectivity index (χ2v) is 11.2. The third kappa shape index (κ3) is 4.91. The number of benzene rings is 1. The minimum Gasteiger partial charge on any atom is -0.348 e. The van der Waals surface area contributed by atoms with E-state index in [9.17, 15) is 9.59 Å². The number of carbonyl (C=O) groups excluding carboxylic acids is 2. The molecule has 1 aliphatic rings. The molecular weight excluding hydrogens is 424 g/mol. The van der Waals surface area contributed by atoms with Gasteiger partial charge in [-0.25, -0.2) is 0 Å². The van der Waals surface area contributed by atoms with Crippen LogP contribution in [0.4, 0.5) is 5.00 Å². The molecule has 0 bridgehead atoms. The maximum Gasteiger partial charge on any atom is 0.266 e. The lowest BCUT2D eigenvalue weighted by atomic mass is 9.72. The zero-order valence-electron chi connectivity index (χ0n) is 18.2. The van der Waals surface area contributed by atoms with E-state index < -0.39 is 0 Å². The van der Waals surface area contributed by atoms with Crippen molar-refractivity contribution in [2.75, 3.05) is 5.32 Å². The van der Waals surface area contributed by atoms with Crippen LogP contribution in [0.2, 0.25) is 0 Å². The lowest BCUT2D eigenvalue weighted by molar-refractivity contribution is 0.0950. The van der Waals surface area contributed by atoms with E-state index >= 15 is 0 Å². The van der Waals surface area contributed by atoms with Crippen molar-refractivity contribution in [3.63, 3.8) is 0 Å². The molecule has 0 aliphatic heterocycles. The quantitative estimate of drug-likeness (QED) is 0.488. The molecule has 0 saturated carbocycles. The van der Waals surface area contributed by atoms with Crippen molar-refractivity contribution in [1.29, 1.82) is 0 Å². The van der Waals surface area contributed by atoms with E-state index in [4.69, 9.17) is 0 Å². The van der Waals surface area contributed by atoms with Crippen LogP contribution >= 0.6 is 22.7 Å². The number of thiophene rings is 2. The molecule has 6 heteroatoms. The number of hydrogen-bond acceptors (Lipinski definition) is 4. The maximum absolute atomic E-state index is 13.3. The van der Waals surface area contributed by atoms with Crippen LogP contribution < -0.4 is 10.6 Å². The Morgan fingerprint density at radius 2 is 1.84 bits per heavy atom. The molecule has 4 rings (SSSR count). The second kappa shape index (κ2) is 8.97. The summed E-state index contributed by atoms with van der Waals surface area (Å²) in [4.78, 5) is 27.9. The third-order valence-electron chi connectivity index (χ3n) is 5.99. The lowest BCUT2D eigenvalue weighted by Crippen LogP contribution is -2.28. The summed E-state index contributed by atoms with van der Waals surface area (Å²) in [6.45, 7) is 7.31. The number of amides is 2. The molecular formula is C25H28N2O2S2. The highest BCUT2D eigenvalue weighted by atomic mass is 32.1. The van der Waals surface area contributed by atoms with Gasteiger partial charge in [-0.1, -0.05) is 57.2 Å². The molecule has 0 fully saturated rings. The van der Waals surface area contributed by atoms with Gasteiger partial charge in [-0.05, 0) is 53.2 Å². The van der Waals surface area contributed by atoms with E-state index in [2.05, 4.69) is 31.4 Å². The predicted octanol–water partition coefficient (Wildman–Crippen LogP) is 6.14. The largest absolute Gasteiger partial charge is 0.348 e. The molecule has 1 atom stereocenters. The van der Waals surface area contributed by atoms with Crippen molar-refractivity contribution in [3.8, 4) is 0 Å². The average Bonchev–Trinajstić information content (AvgIpc) is 3.39. The minimum atomic E-state index is -0.155. The first kappa shape index (κ1) is 21.8. The fourth-order valence-electron chi connectivity index (χ4n) is 4.09. The Morgan fingerprint density at radius 1 is 1.06 bits per heavy atom. The highest BCUT2D eigenvalue weighted by Crippen LogP contribution is 2.44. The first-order valence-corrected chi connectivity index (χ1v) is 12.3. The molecule has 0 spiro atoms. The standard InChI is InChI=1S/C25H28N2O2S2/c1-25(2,3)17-11-12-18-20(14-17)31-24(27-22(28)19-10-7-13-30-19)21(18)23(29)26-15-16-8-5-4-6-9-16/h4-10,13,17H,11-12,14-15H2,1-3H3,(H,26,29)(H,27,28)/t17-/m1/s1. The fourth-order valence-corrected chi connectivity index (χ4v) is 6.03. The van der Waals surface area contributed by atoms with Gasteiger partial charge in [-0.15, -0.1) is 22.7 Å². The normalized spacial score (nSPS) is 15.9. The molecule has 1 aliphatic carbocycles. The number of fused-ring (bicyclic) bond motifs is 1. The summed E-state index contributed by atoms with van der Waals surface area (Å²) in [5.41, 5.74) is 3.03. The molecule has 0 saturated heterocycles. The van der Waals surface area contributed by atoms with E-state index in [0.717, 1.165) is 30.4 Å². The van der Waals surface area contributed by atoms with Crippen molar-refractivity contribution in [2.24, 2.45) is 11.3 Å². The van der Waals surface area contributed by atoms with Crippen molar-refractivity contribution in [2.45, 2.75) is 46.6 Å². The van der Waals surface area contributed by atoms with Crippen LogP contribution in [0.15, 0.2) is 47.8 Å². The van der Waals surface area contributed by atoms with Gasteiger partial charge in [0, 0.05) is 11.4 Å². The van der Waals surface area contributed by atoms with Gasteiger partial charge in [0.25, 0.3) is 11.8 Å². The second-order valence-electron chi connectivity index (χ2n) is 9.11. The summed E-state index contributed by atoms with van der Waals surface area (Å²) < 4.78 is 0. The topological polar surface area (TPSA) is 58.2 Å². The molecule has 31 heavy (non-hydrogen) atoms. The van der Waals surface area contributed by atoms with Crippen molar-refractivity contribution in [3.05, 3.63) is 74.3 Å². The third-order valence-corrected chi connectivity index (χ3v) is 8.02. The summed E-state index contributed by atoms with van der Waals surface area (Å²) in [6, 6.07) is 13.6. The SMILES string of the molecule is CC(C)(C)[C@@H]1CCc2c(sc(NC(=O)c3cccs3)c2C(=O)NCc2ccccc2)C1. The van der Waals surface area contributed by atoms with Gasteiger partial charge in [0.2, 0.25) is 0 Å². The van der Waals surface area contributed by atoms with E-state index in [0.29, 0.717) is 27.9 Å². The van der Waals surface area contributed by atoms with Gasteiger partial charge in [0.1, 0.15) is 5.00 Å². The first-order chi connectivity index (χ1) is 14.8. The van der Waals surface area contributed by atoms with Crippen LogP contribution in [0.3, 0.4) is 0 Å². The Bertz CT molecular complexity index is 1060. The van der Waals surface area contributed by atoms with E-state index in [-0.39, 0.29) is 17.2 Å². The molecule has 2 aromatic heterocycles. The molecule has 2 N–H and O–H groups in total. The predicted molar refractivity (Wildman–Crippen MR) is 129 cm³/mol. The monoisotopic (exact) mass is 452 g/mol. The summed E-state index contributed by atoms with van der Waals surface area (Å²) in [6.07, 6.45) is 2.89. The van der Waals surface area contributed by atoms with Gasteiger partial charge < -0.3 is 10.6 Å². The van der Waals surface area contributed by atoms with Gasteiger partial charge in [0.15, 0.2) is 0 Å². The molecule has 0 unspecified atom stereocenters. The van der Waals surface area contributed by atoms with Crippen LogP contribution in [0.1, 0.15) is 63.2 Å². The lowest BCUT2D eigenvalue weighted by Gasteiger charge is -2.33. The highest BCUT2D eigenvalue weighted by molar-refractivity contribution is 7.17. The van der Waals surface area contributed by atoms with Crippen LogP contribution in [0.25, 0.3) is 0 Å². The van der Waals surface area contributed by atoms with E-state index in [1.807, 2.05) is 41.8 Å². The Hall–Kier alpha value is -2.44. The number of anilines is 1. The van der Waals surface area contributed by atoms with E-state index in [1.165, 1.54) is 16.2 Å². The maximum atomic E-state index is 13.3. The van der Waals surface area contributed by atoms with Gasteiger partial charge in [-0.3, -0.25) is 9.59 Å². The van der Waals surface area contributed by atoms with E-state index in [1.54, 1.807) is 17.4 Å². The van der Waals surface area contributed by atoms with Crippen LogP contribution in [0.5, 0.6) is 0 Å². The van der Waals surface area contributed by atoms with Crippen LogP contribution in [0, 0.1) is 11.3 Å². The molecule has 2 amide bonds. The fraction of sp³-hybridized carbons (Fsp3) is 0.360. The molecule has 0 radical (unpaired) electrons. The van der Waals surface area contributed by atoms with Gasteiger partial charge in [-0.2, -0.15) is 0 Å². The molecule has 1 aromatic carbocycles. The zero-order valence-corrected chi connectivity index (χ0v) is 19.8. The molecule has 3 aromatic rings. The Balaban J connectivity index is 1.62. The van der Waals surface area contributed by atoms with Gasteiger partial charge >= 0.3 is 0 Å². The number of hydrogen-bond donors (Lipinski definition) is 2. The van der Waals surface area contributed by atoms with Crippen molar-refractivity contribution < 1.29 is 9.59 Å². The smallest absolute Gasteiger partial charge is 0.266 e. The van der Waals surface area contributed by atoms with Crippen LogP contribution in [-0.4, -0.2) is 11.8 Å². The van der Waals surface area contributed by atoms with Crippen molar-refractivity contribution in [1.82, 2.24) is 5.32 Å². The summed E-state index contributed by atoms with van der Waals surface area (Å²) in [7, 11) is 0. The summed E-state index contributed by atoms with van der Waals surface area (Å²) in [5, 5.41) is 8.65. The highest BCUT2D eigenvalue weighted by Gasteiger charge is 2.34. The Kier molecular flexibility index (Phi) is 6.30. The summed E-state index contributed by atoms with van der Waals surface area (Å²) in [5.74, 6) is 0.301. The number of nitrogens with one attached hydrogen (secondary N) is 2. The minimum absolute atomic E-state index is 0.114. The molecule has 2 heterocycles. The van der Waals surface area contributed by atoms with Gasteiger partial charge in [0.05, 0.1) is 10.4 Å². The summed E-state index contributed by atoms with van der Waals surface area (Å²) >= 11 is 2.97. The first-order valence-electron chi connectivity index (χ1n) is 10.6. The number of carbonyl (C=O) groups is 2. The van der Waals surface area contributed by atoms with Crippen molar-refractivity contribution >= 4 is 39.5 Å². The Labute approximate surface area is 191 Å². The van der Waals surface area contributed by atoms with Crippen LogP contribution in [-0.2, 0) is 19.4 Å².